The number of halogens is 1. The van der Waals surface area contributed by atoms with E-state index < -0.39 is 24.0 Å². The predicted molar refractivity (Wildman–Crippen MR) is 57.0 cm³/mol. The lowest BCUT2D eigenvalue weighted by molar-refractivity contribution is -0.143. The summed E-state index contributed by atoms with van der Waals surface area (Å²) in [6.07, 6.45) is -1.06. The molecule has 1 aromatic rings. The van der Waals surface area contributed by atoms with Crippen molar-refractivity contribution < 1.29 is 23.8 Å². The van der Waals surface area contributed by atoms with Crippen LogP contribution in [-0.4, -0.2) is 23.8 Å². The van der Waals surface area contributed by atoms with Crippen LogP contribution in [0.15, 0.2) is 18.2 Å². The van der Waals surface area contributed by atoms with E-state index >= 15 is 0 Å². The van der Waals surface area contributed by atoms with Crippen molar-refractivity contribution >= 4 is 5.97 Å². The number of aliphatic hydroxyl groups is 1. The van der Waals surface area contributed by atoms with Crippen LogP contribution in [-0.2, 0) is 9.53 Å². The van der Waals surface area contributed by atoms with E-state index in [-0.39, 0.29) is 0 Å². The fraction of sp³-hybridized carbons (Fsp3) is 0.417. The van der Waals surface area contributed by atoms with Gasteiger partial charge in [0.2, 0.25) is 0 Å². The fourth-order valence-electron chi connectivity index (χ4n) is 1.69. The molecule has 1 N–H and O–H groups in total. The molecule has 1 aromatic carbocycles. The number of carbonyl (C=O) groups is 1. The maximum absolute atomic E-state index is 13.0. The molecule has 0 radical (unpaired) electrons. The van der Waals surface area contributed by atoms with Gasteiger partial charge in [-0.15, -0.1) is 0 Å². The van der Waals surface area contributed by atoms with Crippen molar-refractivity contribution in [1.82, 2.24) is 0 Å². The van der Waals surface area contributed by atoms with Crippen molar-refractivity contribution in [3.8, 4) is 5.75 Å². The Morgan fingerprint density at radius 2 is 2.35 bits per heavy atom. The molecule has 1 aliphatic heterocycles. The molecule has 2 unspecified atom stereocenters. The zero-order chi connectivity index (χ0) is 12.4. The van der Waals surface area contributed by atoms with Crippen molar-refractivity contribution in [2.45, 2.75) is 25.6 Å². The monoisotopic (exact) mass is 240 g/mol. The number of ether oxygens (including phenoxy) is 2. The average Bonchev–Trinajstić information content (AvgIpc) is 2.67. The second-order valence-corrected chi connectivity index (χ2v) is 3.92. The van der Waals surface area contributed by atoms with Gasteiger partial charge in [-0.2, -0.15) is 0 Å². The Labute approximate surface area is 98.0 Å². The summed E-state index contributed by atoms with van der Waals surface area (Å²) in [7, 11) is 0. The van der Waals surface area contributed by atoms with Gasteiger partial charge in [0.05, 0.1) is 12.7 Å². The number of cyclic esters (lactones) is 1. The molecular weight excluding hydrogens is 227 g/mol. The van der Waals surface area contributed by atoms with Crippen molar-refractivity contribution in [2.75, 3.05) is 6.61 Å². The van der Waals surface area contributed by atoms with Gasteiger partial charge in [0, 0.05) is 12.0 Å². The third-order valence-electron chi connectivity index (χ3n) is 2.58. The van der Waals surface area contributed by atoms with Crippen LogP contribution in [0.3, 0.4) is 0 Å². The van der Waals surface area contributed by atoms with Crippen LogP contribution < -0.4 is 4.74 Å². The van der Waals surface area contributed by atoms with E-state index in [1.165, 1.54) is 25.1 Å². The molecule has 5 heteroatoms. The summed E-state index contributed by atoms with van der Waals surface area (Å²) in [5, 5.41) is 9.51. The van der Waals surface area contributed by atoms with E-state index in [0.717, 1.165) is 0 Å². The first-order chi connectivity index (χ1) is 8.08. The maximum atomic E-state index is 13.0. The van der Waals surface area contributed by atoms with Crippen molar-refractivity contribution in [3.63, 3.8) is 0 Å². The van der Waals surface area contributed by atoms with Crippen LogP contribution in [0.5, 0.6) is 5.75 Å². The Hall–Kier alpha value is -1.62. The highest BCUT2D eigenvalue weighted by atomic mass is 19.1. The van der Waals surface area contributed by atoms with Gasteiger partial charge in [0.1, 0.15) is 11.6 Å². The summed E-state index contributed by atoms with van der Waals surface area (Å²) < 4.78 is 23.2. The molecule has 0 amide bonds. The highest BCUT2D eigenvalue weighted by Crippen LogP contribution is 2.28. The smallest absolute Gasteiger partial charge is 0.347 e. The molecule has 2 rings (SSSR count). The third-order valence-corrected chi connectivity index (χ3v) is 2.58. The minimum atomic E-state index is -0.863. The summed E-state index contributed by atoms with van der Waals surface area (Å²) in [5.41, 5.74) is 0.324. The van der Waals surface area contributed by atoms with Crippen molar-refractivity contribution in [1.29, 1.82) is 0 Å². The second kappa shape index (κ2) is 4.71. The van der Waals surface area contributed by atoms with E-state index in [4.69, 9.17) is 9.47 Å². The lowest BCUT2D eigenvalue weighted by Crippen LogP contribution is -2.22. The predicted octanol–water partition coefficient (Wildman–Crippen LogP) is 1.57. The van der Waals surface area contributed by atoms with Gasteiger partial charge < -0.3 is 14.6 Å². The molecule has 17 heavy (non-hydrogen) atoms. The molecule has 2 atom stereocenters. The van der Waals surface area contributed by atoms with Gasteiger partial charge in [-0.25, -0.2) is 9.18 Å². The summed E-state index contributed by atoms with van der Waals surface area (Å²) in [6, 6.07) is 3.82. The summed E-state index contributed by atoms with van der Waals surface area (Å²) in [5.74, 6) is -0.571. The Bertz CT molecular complexity index is 431. The number of benzene rings is 1. The van der Waals surface area contributed by atoms with Gasteiger partial charge in [0.15, 0.2) is 6.10 Å². The highest BCUT2D eigenvalue weighted by molar-refractivity contribution is 5.76. The average molecular weight is 240 g/mol. The van der Waals surface area contributed by atoms with E-state index in [0.29, 0.717) is 24.3 Å². The molecule has 92 valence electrons. The third kappa shape index (κ3) is 2.55. The van der Waals surface area contributed by atoms with Crippen molar-refractivity contribution in [3.05, 3.63) is 29.6 Å². The summed E-state index contributed by atoms with van der Waals surface area (Å²) in [4.78, 5) is 11.2. The normalized spacial score (nSPS) is 21.1. The van der Waals surface area contributed by atoms with Crippen molar-refractivity contribution in [2.24, 2.45) is 0 Å². The molecule has 0 aromatic heterocycles. The molecule has 1 saturated heterocycles. The summed E-state index contributed by atoms with van der Waals surface area (Å²) >= 11 is 0. The number of carbonyl (C=O) groups excluding carboxylic acids is 1. The van der Waals surface area contributed by atoms with Crippen LogP contribution in [0.1, 0.15) is 25.0 Å². The zero-order valence-corrected chi connectivity index (χ0v) is 9.35. The van der Waals surface area contributed by atoms with Gasteiger partial charge in [-0.3, -0.25) is 0 Å². The second-order valence-electron chi connectivity index (χ2n) is 3.92. The molecule has 1 fully saturated rings. The lowest BCUT2D eigenvalue weighted by Gasteiger charge is -2.15. The van der Waals surface area contributed by atoms with Gasteiger partial charge in [0.25, 0.3) is 0 Å². The standard InChI is InChI=1S/C12H13FO4/c1-7(14)9-6-8(13)2-3-10(9)17-11-4-5-16-12(11)15/h2-3,6-7,11,14H,4-5H2,1H3. The maximum Gasteiger partial charge on any atom is 0.347 e. The Morgan fingerprint density at radius 3 is 2.94 bits per heavy atom. The minimum absolute atomic E-state index is 0.310. The van der Waals surface area contributed by atoms with Gasteiger partial charge >= 0.3 is 5.97 Å². The Kier molecular flexibility index (Phi) is 3.28. The molecule has 0 saturated carbocycles. The van der Waals surface area contributed by atoms with Crippen LogP contribution >= 0.6 is 0 Å². The SMILES string of the molecule is CC(O)c1cc(F)ccc1OC1CCOC1=O. The van der Waals surface area contributed by atoms with E-state index in [1.807, 2.05) is 0 Å². The molecule has 0 bridgehead atoms. The van der Waals surface area contributed by atoms with Crippen LogP contribution in [0.25, 0.3) is 0 Å². The topological polar surface area (TPSA) is 55.8 Å². The number of hydrogen-bond acceptors (Lipinski definition) is 4. The van der Waals surface area contributed by atoms with E-state index in [9.17, 15) is 14.3 Å². The quantitative estimate of drug-likeness (QED) is 0.815. The largest absolute Gasteiger partial charge is 0.478 e. The highest BCUT2D eigenvalue weighted by Gasteiger charge is 2.29. The Balaban J connectivity index is 2.22. The number of hydrogen-bond donors (Lipinski definition) is 1. The minimum Gasteiger partial charge on any atom is -0.478 e. The van der Waals surface area contributed by atoms with Crippen LogP contribution in [0.2, 0.25) is 0 Å². The molecule has 4 nitrogen and oxygen atoms in total. The Morgan fingerprint density at radius 1 is 1.59 bits per heavy atom. The molecule has 0 spiro atoms. The van der Waals surface area contributed by atoms with E-state index in [2.05, 4.69) is 0 Å². The van der Waals surface area contributed by atoms with Gasteiger partial charge in [-0.05, 0) is 25.1 Å². The summed E-state index contributed by atoms with van der Waals surface area (Å²) in [6.45, 7) is 1.84. The molecule has 1 aliphatic rings. The first-order valence-corrected chi connectivity index (χ1v) is 5.38. The first kappa shape index (κ1) is 11.9. The van der Waals surface area contributed by atoms with E-state index in [1.54, 1.807) is 0 Å². The van der Waals surface area contributed by atoms with Gasteiger partial charge in [-0.1, -0.05) is 0 Å². The molecular formula is C12H13FO4. The first-order valence-electron chi connectivity index (χ1n) is 5.38. The van der Waals surface area contributed by atoms with Crippen LogP contribution in [0.4, 0.5) is 4.39 Å². The lowest BCUT2D eigenvalue weighted by atomic mass is 10.1. The fourth-order valence-corrected chi connectivity index (χ4v) is 1.69. The number of esters is 1. The van der Waals surface area contributed by atoms with Crippen LogP contribution in [0, 0.1) is 5.82 Å². The number of aliphatic hydroxyl groups excluding tert-OH is 1. The zero-order valence-electron chi connectivity index (χ0n) is 9.35. The molecule has 1 heterocycles. The number of rotatable bonds is 3. The molecule has 0 aliphatic carbocycles.